The highest BCUT2D eigenvalue weighted by Crippen LogP contribution is 2.31. The van der Waals surface area contributed by atoms with Crippen LogP contribution in [0.15, 0.2) is 40.1 Å². The molecule has 5 rings (SSSR count). The van der Waals surface area contributed by atoms with Crippen molar-refractivity contribution in [3.63, 3.8) is 0 Å². The number of carbonyl (C=O) groups excluding carboxylic acids is 3. The van der Waals surface area contributed by atoms with Crippen LogP contribution in [0.3, 0.4) is 0 Å². The average molecular weight is 467 g/mol. The van der Waals surface area contributed by atoms with E-state index in [1.54, 1.807) is 11.4 Å². The smallest absolute Gasteiger partial charge is 0.289 e. The Morgan fingerprint density at radius 1 is 1.15 bits per heavy atom. The highest BCUT2D eigenvalue weighted by atomic mass is 32.1. The first-order valence-electron chi connectivity index (χ1n) is 11.4. The minimum absolute atomic E-state index is 0.0921. The van der Waals surface area contributed by atoms with Crippen molar-refractivity contribution in [3.05, 3.63) is 52.2 Å². The largest absolute Gasteiger partial charge is 0.451 e. The number of amides is 3. The van der Waals surface area contributed by atoms with E-state index < -0.39 is 6.04 Å². The van der Waals surface area contributed by atoms with E-state index in [4.69, 9.17) is 4.42 Å². The Bertz CT molecular complexity index is 1150. The lowest BCUT2D eigenvalue weighted by molar-refractivity contribution is -0.122. The third-order valence-corrected chi connectivity index (χ3v) is 7.37. The van der Waals surface area contributed by atoms with E-state index in [1.165, 1.54) is 11.3 Å². The Morgan fingerprint density at radius 2 is 1.97 bits per heavy atom. The van der Waals surface area contributed by atoms with Crippen LogP contribution in [0.2, 0.25) is 0 Å². The van der Waals surface area contributed by atoms with Gasteiger partial charge in [-0.3, -0.25) is 14.4 Å². The summed E-state index contributed by atoms with van der Waals surface area (Å²) in [4.78, 5) is 44.0. The molecule has 0 radical (unpaired) electrons. The maximum atomic E-state index is 12.9. The SMILES string of the molecule is O=C(NC1CCCCNC1=O)c1csc(C2CCN(C(=O)c3cc4ccccc4o3)CC2)n1. The molecule has 8 nitrogen and oxygen atoms in total. The van der Waals surface area contributed by atoms with Gasteiger partial charge in [-0.1, -0.05) is 18.2 Å². The van der Waals surface area contributed by atoms with Gasteiger partial charge in [-0.2, -0.15) is 0 Å². The Morgan fingerprint density at radius 3 is 2.79 bits per heavy atom. The highest BCUT2D eigenvalue weighted by molar-refractivity contribution is 7.09. The van der Waals surface area contributed by atoms with Gasteiger partial charge in [-0.15, -0.1) is 11.3 Å². The molecule has 3 amide bonds. The van der Waals surface area contributed by atoms with Crippen molar-refractivity contribution in [2.75, 3.05) is 19.6 Å². The van der Waals surface area contributed by atoms with Crippen molar-refractivity contribution in [2.45, 2.75) is 44.1 Å². The van der Waals surface area contributed by atoms with Gasteiger partial charge in [-0.25, -0.2) is 4.98 Å². The zero-order valence-corrected chi connectivity index (χ0v) is 19.0. The standard InChI is InChI=1S/C24H26N4O4S/c29-21-17(6-3-4-10-25-21)26-22(30)18-14-33-23(27-18)15-8-11-28(12-9-15)24(31)20-13-16-5-1-2-7-19(16)32-20/h1-2,5,7,13-15,17H,3-4,6,8-12H2,(H,25,29)(H,26,30). The predicted octanol–water partition coefficient (Wildman–Crippen LogP) is 3.31. The maximum absolute atomic E-state index is 12.9. The van der Waals surface area contributed by atoms with E-state index in [0.29, 0.717) is 43.1 Å². The molecule has 2 N–H and O–H groups in total. The number of thiazole rings is 1. The second-order valence-corrected chi connectivity index (χ2v) is 9.49. The number of nitrogens with one attached hydrogen (secondary N) is 2. The molecular weight excluding hydrogens is 440 g/mol. The molecule has 1 atom stereocenters. The summed E-state index contributed by atoms with van der Waals surface area (Å²) in [6.07, 6.45) is 4.04. The highest BCUT2D eigenvalue weighted by Gasteiger charge is 2.29. The van der Waals surface area contributed by atoms with Crippen LogP contribution in [0.1, 0.15) is 64.1 Å². The molecule has 0 aliphatic carbocycles. The van der Waals surface area contributed by atoms with Gasteiger partial charge in [0, 0.05) is 36.3 Å². The number of aromatic nitrogens is 1. The monoisotopic (exact) mass is 466 g/mol. The van der Waals surface area contributed by atoms with Crippen molar-refractivity contribution in [1.82, 2.24) is 20.5 Å². The number of hydrogen-bond donors (Lipinski definition) is 2. The Labute approximate surface area is 195 Å². The average Bonchev–Trinajstić information content (AvgIpc) is 3.45. The van der Waals surface area contributed by atoms with Gasteiger partial charge < -0.3 is 20.0 Å². The predicted molar refractivity (Wildman–Crippen MR) is 124 cm³/mol. The zero-order chi connectivity index (χ0) is 22.8. The summed E-state index contributed by atoms with van der Waals surface area (Å²) < 4.78 is 5.73. The Kier molecular flexibility index (Phi) is 6.13. The molecule has 0 bridgehead atoms. The van der Waals surface area contributed by atoms with Crippen LogP contribution in [0.5, 0.6) is 0 Å². The molecule has 0 saturated carbocycles. The molecule has 2 fully saturated rings. The van der Waals surface area contributed by atoms with Crippen LogP contribution in [-0.2, 0) is 4.79 Å². The lowest BCUT2D eigenvalue weighted by Crippen LogP contribution is -2.45. The van der Waals surface area contributed by atoms with Crippen molar-refractivity contribution in [1.29, 1.82) is 0 Å². The molecule has 4 heterocycles. The van der Waals surface area contributed by atoms with E-state index in [2.05, 4.69) is 15.6 Å². The number of furan rings is 1. The summed E-state index contributed by atoms with van der Waals surface area (Å²) in [5, 5.41) is 9.23. The van der Waals surface area contributed by atoms with Crippen molar-refractivity contribution in [3.8, 4) is 0 Å². The van der Waals surface area contributed by atoms with Crippen molar-refractivity contribution >= 4 is 40.0 Å². The van der Waals surface area contributed by atoms with Gasteiger partial charge in [-0.05, 0) is 44.2 Å². The number of rotatable bonds is 4. The summed E-state index contributed by atoms with van der Waals surface area (Å²) in [5.41, 5.74) is 1.07. The van der Waals surface area contributed by atoms with Gasteiger partial charge >= 0.3 is 0 Å². The number of fused-ring (bicyclic) bond motifs is 1. The van der Waals surface area contributed by atoms with Gasteiger partial charge in [0.05, 0.1) is 5.01 Å². The third-order valence-electron chi connectivity index (χ3n) is 6.36. The lowest BCUT2D eigenvalue weighted by Gasteiger charge is -2.30. The molecule has 2 aromatic heterocycles. The molecule has 172 valence electrons. The third kappa shape index (κ3) is 4.64. The van der Waals surface area contributed by atoms with Crippen LogP contribution in [-0.4, -0.2) is 53.3 Å². The molecule has 9 heteroatoms. The topological polar surface area (TPSA) is 105 Å². The van der Waals surface area contributed by atoms with Gasteiger partial charge in [0.1, 0.15) is 17.3 Å². The van der Waals surface area contributed by atoms with Crippen molar-refractivity contribution in [2.24, 2.45) is 0 Å². The summed E-state index contributed by atoms with van der Waals surface area (Å²) in [6, 6.07) is 8.89. The normalized spacial score (nSPS) is 19.8. The van der Waals surface area contributed by atoms with E-state index in [9.17, 15) is 14.4 Å². The van der Waals surface area contributed by atoms with E-state index in [0.717, 1.165) is 36.1 Å². The number of hydrogen-bond acceptors (Lipinski definition) is 6. The van der Waals surface area contributed by atoms with E-state index >= 15 is 0 Å². The molecule has 1 aromatic carbocycles. The van der Waals surface area contributed by atoms with Crippen LogP contribution < -0.4 is 10.6 Å². The number of carbonyl (C=O) groups is 3. The summed E-state index contributed by atoms with van der Waals surface area (Å²) in [7, 11) is 0. The zero-order valence-electron chi connectivity index (χ0n) is 18.2. The number of likely N-dealkylation sites (tertiary alicyclic amines) is 1. The summed E-state index contributed by atoms with van der Waals surface area (Å²) >= 11 is 1.47. The number of nitrogens with zero attached hydrogens (tertiary/aromatic N) is 2. The fourth-order valence-corrected chi connectivity index (χ4v) is 5.43. The number of para-hydroxylation sites is 1. The first-order chi connectivity index (χ1) is 16.1. The molecule has 2 saturated heterocycles. The first kappa shape index (κ1) is 21.6. The number of benzene rings is 1. The molecule has 2 aliphatic heterocycles. The Hall–Kier alpha value is -3.20. The van der Waals surface area contributed by atoms with Gasteiger partial charge in [0.25, 0.3) is 11.8 Å². The fourth-order valence-electron chi connectivity index (χ4n) is 4.46. The second kappa shape index (κ2) is 9.35. The molecule has 3 aromatic rings. The molecule has 1 unspecified atom stereocenters. The minimum atomic E-state index is -0.502. The lowest BCUT2D eigenvalue weighted by atomic mass is 9.97. The van der Waals surface area contributed by atoms with E-state index in [1.807, 2.05) is 29.2 Å². The fraction of sp³-hybridized carbons (Fsp3) is 0.417. The molecular formula is C24H26N4O4S. The van der Waals surface area contributed by atoms with Crippen LogP contribution in [0.4, 0.5) is 0 Å². The van der Waals surface area contributed by atoms with E-state index in [-0.39, 0.29) is 23.6 Å². The summed E-state index contributed by atoms with van der Waals surface area (Å²) in [5.74, 6) is 0.0447. The molecule has 2 aliphatic rings. The quantitative estimate of drug-likeness (QED) is 0.614. The molecule has 33 heavy (non-hydrogen) atoms. The first-order valence-corrected chi connectivity index (χ1v) is 12.3. The van der Waals surface area contributed by atoms with Crippen LogP contribution in [0.25, 0.3) is 11.0 Å². The van der Waals surface area contributed by atoms with Gasteiger partial charge in [0.2, 0.25) is 5.91 Å². The van der Waals surface area contributed by atoms with Crippen molar-refractivity contribution < 1.29 is 18.8 Å². The Balaban J connectivity index is 1.18. The van der Waals surface area contributed by atoms with Gasteiger partial charge in [0.15, 0.2) is 5.76 Å². The van der Waals surface area contributed by atoms with Crippen LogP contribution in [0, 0.1) is 0 Å². The minimum Gasteiger partial charge on any atom is -0.451 e. The molecule has 0 spiro atoms. The number of piperidine rings is 1. The maximum Gasteiger partial charge on any atom is 0.289 e. The summed E-state index contributed by atoms with van der Waals surface area (Å²) in [6.45, 7) is 1.89. The second-order valence-electron chi connectivity index (χ2n) is 8.60. The van der Waals surface area contributed by atoms with Crippen LogP contribution >= 0.6 is 11.3 Å².